The van der Waals surface area contributed by atoms with Crippen LogP contribution in [0.3, 0.4) is 0 Å². The zero-order valence-corrected chi connectivity index (χ0v) is 19.9. The normalized spacial score (nSPS) is 14.8. The highest BCUT2D eigenvalue weighted by molar-refractivity contribution is 8.27. The zero-order chi connectivity index (χ0) is 22.7. The van der Waals surface area contributed by atoms with Crippen LogP contribution in [0.5, 0.6) is 11.5 Å². The van der Waals surface area contributed by atoms with Crippen LogP contribution in [0.4, 0.5) is 5.69 Å². The highest BCUT2D eigenvalue weighted by Crippen LogP contribution is 2.38. The summed E-state index contributed by atoms with van der Waals surface area (Å²) in [6.45, 7) is 2.29. The maximum absolute atomic E-state index is 13.1. The second kappa shape index (κ2) is 9.77. The van der Waals surface area contributed by atoms with Crippen molar-refractivity contribution in [3.63, 3.8) is 0 Å². The Morgan fingerprint density at radius 1 is 1.06 bits per heavy atom. The Bertz CT molecular complexity index is 1230. The summed E-state index contributed by atoms with van der Waals surface area (Å²) in [5.74, 6) is 1.03. The lowest BCUT2D eigenvalue weighted by molar-refractivity contribution is -0.113. The number of benzene rings is 3. The molecule has 1 saturated heterocycles. The number of nitrogens with zero attached hydrogens (tertiary/aromatic N) is 1. The second-order valence-corrected chi connectivity index (χ2v) is 9.18. The van der Waals surface area contributed by atoms with Crippen molar-refractivity contribution >= 4 is 57.6 Å². The molecule has 0 unspecified atom stereocenters. The van der Waals surface area contributed by atoms with Gasteiger partial charge in [0.05, 0.1) is 17.7 Å². The van der Waals surface area contributed by atoms with Gasteiger partial charge in [-0.05, 0) is 48.4 Å². The first-order valence-electron chi connectivity index (χ1n) is 9.86. The molecule has 1 heterocycles. The van der Waals surface area contributed by atoms with E-state index in [9.17, 15) is 4.79 Å². The standard InChI is InChI=1S/C25H20ClNO3S2/c1-16-7-3-6-10-20(16)27-24(28)23(32-25(27)31)14-17-11-12-21(22(13-17)29-2)30-15-18-8-4-5-9-19(18)26/h3-14H,15H2,1-2H3. The van der Waals surface area contributed by atoms with Gasteiger partial charge in [0.2, 0.25) is 0 Å². The van der Waals surface area contributed by atoms with E-state index in [2.05, 4.69) is 0 Å². The molecular formula is C25H20ClNO3S2. The van der Waals surface area contributed by atoms with Crippen molar-refractivity contribution in [2.75, 3.05) is 12.0 Å². The van der Waals surface area contributed by atoms with Crippen LogP contribution < -0.4 is 14.4 Å². The molecule has 4 rings (SSSR count). The Morgan fingerprint density at radius 3 is 2.56 bits per heavy atom. The molecule has 0 saturated carbocycles. The number of ether oxygens (including phenoxy) is 2. The van der Waals surface area contributed by atoms with E-state index in [1.165, 1.54) is 11.8 Å². The van der Waals surface area contributed by atoms with Crippen molar-refractivity contribution in [2.45, 2.75) is 13.5 Å². The van der Waals surface area contributed by atoms with E-state index in [1.807, 2.05) is 79.7 Å². The van der Waals surface area contributed by atoms with E-state index in [-0.39, 0.29) is 5.91 Å². The zero-order valence-electron chi connectivity index (χ0n) is 17.5. The van der Waals surface area contributed by atoms with Crippen LogP contribution >= 0.6 is 35.6 Å². The van der Waals surface area contributed by atoms with E-state index in [0.717, 1.165) is 22.4 Å². The average Bonchev–Trinajstić information content (AvgIpc) is 3.06. The molecular weight excluding hydrogens is 462 g/mol. The Labute approximate surface area is 201 Å². The number of thiocarbonyl (C=S) groups is 1. The fourth-order valence-electron chi connectivity index (χ4n) is 3.31. The Morgan fingerprint density at radius 2 is 1.81 bits per heavy atom. The molecule has 7 heteroatoms. The number of anilines is 1. The van der Waals surface area contributed by atoms with Crippen molar-refractivity contribution in [2.24, 2.45) is 0 Å². The minimum absolute atomic E-state index is 0.132. The summed E-state index contributed by atoms with van der Waals surface area (Å²) in [7, 11) is 1.58. The number of carbonyl (C=O) groups excluding carboxylic acids is 1. The molecule has 1 aliphatic heterocycles. The van der Waals surface area contributed by atoms with Crippen LogP contribution in [0, 0.1) is 6.92 Å². The van der Waals surface area contributed by atoms with Crippen LogP contribution in [0.25, 0.3) is 6.08 Å². The van der Waals surface area contributed by atoms with Gasteiger partial charge in [0.1, 0.15) is 6.61 Å². The molecule has 1 aliphatic rings. The van der Waals surface area contributed by atoms with Crippen LogP contribution in [-0.4, -0.2) is 17.3 Å². The van der Waals surface area contributed by atoms with Crippen molar-refractivity contribution in [1.29, 1.82) is 0 Å². The van der Waals surface area contributed by atoms with Gasteiger partial charge in [-0.3, -0.25) is 9.69 Å². The minimum Gasteiger partial charge on any atom is -0.493 e. The number of methoxy groups -OCH3 is 1. The largest absolute Gasteiger partial charge is 0.493 e. The van der Waals surface area contributed by atoms with Gasteiger partial charge in [0.15, 0.2) is 15.8 Å². The maximum atomic E-state index is 13.1. The van der Waals surface area contributed by atoms with E-state index in [4.69, 9.17) is 33.3 Å². The first kappa shape index (κ1) is 22.4. The summed E-state index contributed by atoms with van der Waals surface area (Å²) in [6.07, 6.45) is 1.82. The predicted octanol–water partition coefficient (Wildman–Crippen LogP) is 6.64. The number of rotatable bonds is 6. The Hall–Kier alpha value is -2.80. The number of carbonyl (C=O) groups is 1. The fraction of sp³-hybridized carbons (Fsp3) is 0.120. The molecule has 0 radical (unpaired) electrons. The Balaban J connectivity index is 1.55. The molecule has 162 valence electrons. The SMILES string of the molecule is COc1cc(C=C2SC(=S)N(c3ccccc3C)C2=O)ccc1OCc1ccccc1Cl. The van der Waals surface area contributed by atoms with Crippen molar-refractivity contribution < 1.29 is 14.3 Å². The summed E-state index contributed by atoms with van der Waals surface area (Å²) < 4.78 is 11.9. The number of hydrogen-bond donors (Lipinski definition) is 0. The summed E-state index contributed by atoms with van der Waals surface area (Å²) in [6, 6.07) is 20.8. The Kier molecular flexibility index (Phi) is 6.84. The molecule has 0 spiro atoms. The first-order chi connectivity index (χ1) is 15.5. The maximum Gasteiger partial charge on any atom is 0.270 e. The number of aryl methyl sites for hydroxylation is 1. The van der Waals surface area contributed by atoms with Gasteiger partial charge in [0, 0.05) is 10.6 Å². The van der Waals surface area contributed by atoms with Crippen molar-refractivity contribution in [1.82, 2.24) is 0 Å². The molecule has 1 fully saturated rings. The summed E-state index contributed by atoms with van der Waals surface area (Å²) >= 11 is 13.0. The lowest BCUT2D eigenvalue weighted by Crippen LogP contribution is -2.28. The number of halogens is 1. The van der Waals surface area contributed by atoms with E-state index in [1.54, 1.807) is 12.0 Å². The number of thioether (sulfide) groups is 1. The predicted molar refractivity (Wildman–Crippen MR) is 136 cm³/mol. The van der Waals surface area contributed by atoms with Gasteiger partial charge in [-0.2, -0.15) is 0 Å². The molecule has 3 aromatic rings. The smallest absolute Gasteiger partial charge is 0.270 e. The number of amides is 1. The minimum atomic E-state index is -0.132. The number of hydrogen-bond acceptors (Lipinski definition) is 5. The van der Waals surface area contributed by atoms with Gasteiger partial charge < -0.3 is 9.47 Å². The van der Waals surface area contributed by atoms with Crippen LogP contribution in [0.1, 0.15) is 16.7 Å². The third kappa shape index (κ3) is 4.67. The van der Waals surface area contributed by atoms with Gasteiger partial charge in [-0.15, -0.1) is 0 Å². The lowest BCUT2D eigenvalue weighted by atomic mass is 10.1. The molecule has 3 aromatic carbocycles. The van der Waals surface area contributed by atoms with Crippen LogP contribution in [0.15, 0.2) is 71.6 Å². The summed E-state index contributed by atoms with van der Waals surface area (Å²) in [4.78, 5) is 15.2. The van der Waals surface area contributed by atoms with Crippen LogP contribution in [-0.2, 0) is 11.4 Å². The van der Waals surface area contributed by atoms with Gasteiger partial charge >= 0.3 is 0 Å². The molecule has 0 N–H and O–H groups in total. The molecule has 0 atom stereocenters. The second-order valence-electron chi connectivity index (χ2n) is 7.09. The molecule has 0 aromatic heterocycles. The quantitative estimate of drug-likeness (QED) is 0.291. The summed E-state index contributed by atoms with van der Waals surface area (Å²) in [5, 5.41) is 0.652. The molecule has 32 heavy (non-hydrogen) atoms. The topological polar surface area (TPSA) is 38.8 Å². The molecule has 4 nitrogen and oxygen atoms in total. The lowest BCUT2D eigenvalue weighted by Gasteiger charge is -2.16. The monoisotopic (exact) mass is 481 g/mol. The van der Waals surface area contributed by atoms with Crippen molar-refractivity contribution in [3.05, 3.63) is 93.3 Å². The average molecular weight is 482 g/mol. The summed E-state index contributed by atoms with van der Waals surface area (Å²) in [5.41, 5.74) is 3.50. The highest BCUT2D eigenvalue weighted by Gasteiger charge is 2.34. The van der Waals surface area contributed by atoms with Gasteiger partial charge in [0.25, 0.3) is 5.91 Å². The van der Waals surface area contributed by atoms with Gasteiger partial charge in [-0.1, -0.05) is 78.0 Å². The van der Waals surface area contributed by atoms with E-state index < -0.39 is 0 Å². The van der Waals surface area contributed by atoms with Crippen molar-refractivity contribution in [3.8, 4) is 11.5 Å². The third-order valence-electron chi connectivity index (χ3n) is 4.98. The number of para-hydroxylation sites is 1. The van der Waals surface area contributed by atoms with E-state index >= 15 is 0 Å². The highest BCUT2D eigenvalue weighted by atomic mass is 35.5. The first-order valence-corrected chi connectivity index (χ1v) is 11.5. The molecule has 0 aliphatic carbocycles. The third-order valence-corrected chi connectivity index (χ3v) is 6.65. The van der Waals surface area contributed by atoms with E-state index in [0.29, 0.717) is 32.4 Å². The van der Waals surface area contributed by atoms with Gasteiger partial charge in [-0.25, -0.2) is 0 Å². The van der Waals surface area contributed by atoms with Crippen LogP contribution in [0.2, 0.25) is 5.02 Å². The molecule has 0 bridgehead atoms. The molecule has 1 amide bonds. The fourth-order valence-corrected chi connectivity index (χ4v) is 4.78.